The summed E-state index contributed by atoms with van der Waals surface area (Å²) < 4.78 is 10.1. The van der Waals surface area contributed by atoms with Gasteiger partial charge in [-0.2, -0.15) is 0 Å². The summed E-state index contributed by atoms with van der Waals surface area (Å²) in [7, 11) is 0. The number of carbonyl (C=O) groups excluding carboxylic acids is 4. The van der Waals surface area contributed by atoms with Gasteiger partial charge in [0.1, 0.15) is 23.3 Å². The van der Waals surface area contributed by atoms with E-state index in [1.54, 1.807) is 46.4 Å². The highest BCUT2D eigenvalue weighted by Gasteiger charge is 2.35. The zero-order valence-electron chi connectivity index (χ0n) is 20.0. The standard InChI is InChI=1S/C12H22N2O3.C9H16N2O3/c1-8(2)14-7-6-9(10(14)15)13-11(16)17-12(3,4)5;1-9(2,3)14-8(13)11-6-4-5-10-7(6)12/h8-9H,6-7H2,1-5H3,(H,13,16);6H,4-5H2,1-3H3,(H,10,12)(H,11,13)/t9-;6-/m00/s1. The number of hydrogen-bond acceptors (Lipinski definition) is 6. The maximum absolute atomic E-state index is 11.9. The topological polar surface area (TPSA) is 126 Å². The van der Waals surface area contributed by atoms with Crippen LogP contribution < -0.4 is 16.0 Å². The Labute approximate surface area is 184 Å². The lowest BCUT2D eigenvalue weighted by atomic mass is 10.2. The molecule has 0 unspecified atom stereocenters. The number of ether oxygens (including phenoxy) is 2. The Morgan fingerprint density at radius 3 is 1.77 bits per heavy atom. The van der Waals surface area contributed by atoms with Crippen LogP contribution in [0, 0.1) is 0 Å². The predicted molar refractivity (Wildman–Crippen MR) is 115 cm³/mol. The summed E-state index contributed by atoms with van der Waals surface area (Å²) in [6.45, 7) is 16.0. The molecule has 2 atom stereocenters. The fourth-order valence-corrected chi connectivity index (χ4v) is 2.98. The third kappa shape index (κ3) is 9.89. The quantitative estimate of drug-likeness (QED) is 0.613. The fourth-order valence-electron chi connectivity index (χ4n) is 2.98. The summed E-state index contributed by atoms with van der Waals surface area (Å²) in [4.78, 5) is 47.5. The SMILES string of the molecule is CC(C)(C)OC(=O)N[C@H]1CCNC1=O.CC(C)N1CC[C@H](NC(=O)OC(C)(C)C)C1=O. The van der Waals surface area contributed by atoms with E-state index >= 15 is 0 Å². The van der Waals surface area contributed by atoms with Crippen molar-refractivity contribution < 1.29 is 28.7 Å². The predicted octanol–water partition coefficient (Wildman–Crippen LogP) is 1.92. The molecule has 178 valence electrons. The Morgan fingerprint density at radius 2 is 1.42 bits per heavy atom. The Balaban J connectivity index is 0.000000316. The molecule has 2 saturated heterocycles. The van der Waals surface area contributed by atoms with Crippen molar-refractivity contribution in [2.45, 2.75) is 97.6 Å². The van der Waals surface area contributed by atoms with Gasteiger partial charge in [0.05, 0.1) is 0 Å². The van der Waals surface area contributed by atoms with E-state index in [9.17, 15) is 19.2 Å². The highest BCUT2D eigenvalue weighted by Crippen LogP contribution is 2.15. The maximum atomic E-state index is 11.9. The van der Waals surface area contributed by atoms with Crippen LogP contribution >= 0.6 is 0 Å². The molecule has 0 aliphatic carbocycles. The van der Waals surface area contributed by atoms with Gasteiger partial charge in [0.15, 0.2) is 0 Å². The van der Waals surface area contributed by atoms with Gasteiger partial charge in [-0.3, -0.25) is 9.59 Å². The molecule has 0 radical (unpaired) electrons. The van der Waals surface area contributed by atoms with Gasteiger partial charge in [0.2, 0.25) is 11.8 Å². The highest BCUT2D eigenvalue weighted by molar-refractivity contribution is 5.88. The van der Waals surface area contributed by atoms with Crippen LogP contribution in [0.3, 0.4) is 0 Å². The number of likely N-dealkylation sites (tertiary alicyclic amines) is 1. The first kappa shape index (κ1) is 26.5. The number of hydrogen-bond donors (Lipinski definition) is 3. The molecule has 10 nitrogen and oxygen atoms in total. The van der Waals surface area contributed by atoms with Crippen LogP contribution in [0.15, 0.2) is 0 Å². The molecule has 0 aromatic heterocycles. The van der Waals surface area contributed by atoms with Gasteiger partial charge in [-0.1, -0.05) is 0 Å². The summed E-state index contributed by atoms with van der Waals surface area (Å²) >= 11 is 0. The van der Waals surface area contributed by atoms with Crippen molar-refractivity contribution in [3.63, 3.8) is 0 Å². The monoisotopic (exact) mass is 442 g/mol. The zero-order valence-corrected chi connectivity index (χ0v) is 20.0. The van der Waals surface area contributed by atoms with E-state index in [0.29, 0.717) is 25.9 Å². The number of nitrogens with one attached hydrogen (secondary N) is 3. The van der Waals surface area contributed by atoms with Gasteiger partial charge in [0.25, 0.3) is 0 Å². The Morgan fingerprint density at radius 1 is 0.935 bits per heavy atom. The molecule has 2 fully saturated rings. The molecule has 0 aromatic carbocycles. The van der Waals surface area contributed by atoms with Gasteiger partial charge in [0, 0.05) is 19.1 Å². The number of amides is 4. The second-order valence-corrected chi connectivity index (χ2v) is 9.89. The van der Waals surface area contributed by atoms with Crippen molar-refractivity contribution in [3.8, 4) is 0 Å². The minimum Gasteiger partial charge on any atom is -0.444 e. The third-order valence-electron chi connectivity index (χ3n) is 4.29. The Hall–Kier alpha value is -2.52. The van der Waals surface area contributed by atoms with E-state index in [-0.39, 0.29) is 17.9 Å². The van der Waals surface area contributed by atoms with E-state index in [1.807, 2.05) is 13.8 Å². The van der Waals surface area contributed by atoms with E-state index in [0.717, 1.165) is 0 Å². The molecule has 2 rings (SSSR count). The molecular formula is C21H38N4O6. The van der Waals surface area contributed by atoms with Crippen LogP contribution in [0.2, 0.25) is 0 Å². The summed E-state index contributed by atoms with van der Waals surface area (Å²) in [6.07, 6.45) is 0.204. The lowest BCUT2D eigenvalue weighted by molar-refractivity contribution is -0.130. The van der Waals surface area contributed by atoms with Gasteiger partial charge in [-0.05, 0) is 68.2 Å². The summed E-state index contributed by atoms with van der Waals surface area (Å²) in [5, 5.41) is 7.76. The number of alkyl carbamates (subject to hydrolysis) is 2. The van der Waals surface area contributed by atoms with E-state index in [4.69, 9.17) is 9.47 Å². The van der Waals surface area contributed by atoms with Crippen molar-refractivity contribution in [1.82, 2.24) is 20.9 Å². The molecule has 0 saturated carbocycles. The highest BCUT2D eigenvalue weighted by atomic mass is 16.6. The van der Waals surface area contributed by atoms with Crippen LogP contribution in [0.5, 0.6) is 0 Å². The van der Waals surface area contributed by atoms with Gasteiger partial charge >= 0.3 is 12.2 Å². The van der Waals surface area contributed by atoms with Crippen molar-refractivity contribution in [2.24, 2.45) is 0 Å². The Kier molecular flexibility index (Phi) is 9.13. The fraction of sp³-hybridized carbons (Fsp3) is 0.810. The molecule has 2 aliphatic heterocycles. The van der Waals surface area contributed by atoms with Crippen molar-refractivity contribution >= 4 is 24.0 Å². The first-order valence-corrected chi connectivity index (χ1v) is 10.7. The summed E-state index contributed by atoms with van der Waals surface area (Å²) in [5.74, 6) is -0.165. The van der Waals surface area contributed by atoms with Crippen molar-refractivity contribution in [1.29, 1.82) is 0 Å². The second-order valence-electron chi connectivity index (χ2n) is 9.89. The molecule has 2 heterocycles. The first-order valence-electron chi connectivity index (χ1n) is 10.7. The van der Waals surface area contributed by atoms with Gasteiger partial charge in [-0.25, -0.2) is 9.59 Å². The van der Waals surface area contributed by atoms with Crippen LogP contribution in [-0.2, 0) is 19.1 Å². The average Bonchev–Trinajstić information content (AvgIpc) is 3.11. The maximum Gasteiger partial charge on any atom is 0.408 e. The smallest absolute Gasteiger partial charge is 0.408 e. The van der Waals surface area contributed by atoms with Crippen molar-refractivity contribution in [3.05, 3.63) is 0 Å². The minimum atomic E-state index is -0.542. The molecule has 0 aromatic rings. The zero-order chi connectivity index (χ0) is 24.0. The molecule has 0 bridgehead atoms. The van der Waals surface area contributed by atoms with Crippen LogP contribution in [-0.4, -0.2) is 71.3 Å². The molecule has 2 aliphatic rings. The van der Waals surface area contributed by atoms with Crippen LogP contribution in [0.4, 0.5) is 9.59 Å². The number of rotatable bonds is 3. The largest absolute Gasteiger partial charge is 0.444 e. The van der Waals surface area contributed by atoms with Crippen LogP contribution in [0.25, 0.3) is 0 Å². The molecule has 4 amide bonds. The minimum absolute atomic E-state index is 0.0224. The van der Waals surface area contributed by atoms with Crippen LogP contribution in [0.1, 0.15) is 68.2 Å². The molecule has 10 heteroatoms. The summed E-state index contributed by atoms with van der Waals surface area (Å²) in [6, 6.07) is -0.704. The molecule has 3 N–H and O–H groups in total. The lowest BCUT2D eigenvalue weighted by Crippen LogP contribution is -2.45. The molecule has 0 spiro atoms. The van der Waals surface area contributed by atoms with E-state index in [2.05, 4.69) is 16.0 Å². The molecular weight excluding hydrogens is 404 g/mol. The van der Waals surface area contributed by atoms with E-state index < -0.39 is 35.5 Å². The number of carbonyl (C=O) groups is 4. The van der Waals surface area contributed by atoms with Gasteiger partial charge < -0.3 is 30.3 Å². The summed E-state index contributed by atoms with van der Waals surface area (Å²) in [5.41, 5.74) is -1.07. The second kappa shape index (κ2) is 10.7. The normalized spacial score (nSPS) is 21.3. The van der Waals surface area contributed by atoms with Gasteiger partial charge in [-0.15, -0.1) is 0 Å². The van der Waals surface area contributed by atoms with E-state index in [1.165, 1.54) is 0 Å². The average molecular weight is 443 g/mol. The lowest BCUT2D eigenvalue weighted by Gasteiger charge is -2.23. The first-order chi connectivity index (χ1) is 14.1. The third-order valence-corrected chi connectivity index (χ3v) is 4.29. The Bertz CT molecular complexity index is 666. The molecule has 31 heavy (non-hydrogen) atoms. The van der Waals surface area contributed by atoms with Crippen molar-refractivity contribution in [2.75, 3.05) is 13.1 Å². The number of nitrogens with zero attached hydrogens (tertiary/aromatic N) is 1.